The van der Waals surface area contributed by atoms with Crippen LogP contribution in [-0.4, -0.2) is 29.6 Å². The van der Waals surface area contributed by atoms with Gasteiger partial charge < -0.3 is 10.1 Å². The van der Waals surface area contributed by atoms with Crippen molar-refractivity contribution in [2.24, 2.45) is 5.92 Å². The summed E-state index contributed by atoms with van der Waals surface area (Å²) in [7, 11) is 1.89. The Kier molecular flexibility index (Phi) is 3.92. The van der Waals surface area contributed by atoms with Gasteiger partial charge in [0.25, 0.3) is 5.88 Å². The molecule has 0 amide bonds. The van der Waals surface area contributed by atoms with E-state index in [-0.39, 0.29) is 23.2 Å². The summed E-state index contributed by atoms with van der Waals surface area (Å²) in [4.78, 5) is 14.2. The zero-order chi connectivity index (χ0) is 13.8. The highest BCUT2D eigenvalue weighted by Gasteiger charge is 2.33. The molecular formula is C12H14N4O3. The smallest absolute Gasteiger partial charge is 0.348 e. The van der Waals surface area contributed by atoms with Crippen molar-refractivity contribution in [2.75, 3.05) is 13.6 Å². The number of ether oxygens (including phenoxy) is 1. The number of nitrogens with zero attached hydrogens (tertiary/aromatic N) is 3. The van der Waals surface area contributed by atoms with Gasteiger partial charge in [-0.3, -0.25) is 10.1 Å². The Morgan fingerprint density at radius 3 is 3.00 bits per heavy atom. The van der Waals surface area contributed by atoms with Gasteiger partial charge in [0.05, 0.1) is 4.92 Å². The zero-order valence-electron chi connectivity index (χ0n) is 10.5. The van der Waals surface area contributed by atoms with Gasteiger partial charge in [-0.15, -0.1) is 0 Å². The van der Waals surface area contributed by atoms with Gasteiger partial charge in [-0.1, -0.05) is 0 Å². The lowest BCUT2D eigenvalue weighted by Gasteiger charge is -2.34. The Morgan fingerprint density at radius 1 is 1.68 bits per heavy atom. The van der Waals surface area contributed by atoms with Crippen LogP contribution in [0.3, 0.4) is 0 Å². The van der Waals surface area contributed by atoms with E-state index < -0.39 is 4.92 Å². The van der Waals surface area contributed by atoms with Crippen LogP contribution in [-0.2, 0) is 0 Å². The molecule has 1 N–H and O–H groups in total. The lowest BCUT2D eigenvalue weighted by atomic mass is 9.82. The van der Waals surface area contributed by atoms with E-state index in [4.69, 9.17) is 10.00 Å². The molecule has 1 aliphatic rings. The maximum Gasteiger partial charge on any atom is 0.348 e. The Hall–Kier alpha value is -2.20. The molecule has 0 unspecified atom stereocenters. The number of hydrogen-bond acceptors (Lipinski definition) is 6. The Balaban J connectivity index is 2.10. The molecule has 0 aliphatic heterocycles. The highest BCUT2D eigenvalue weighted by Crippen LogP contribution is 2.34. The number of hydrogen-bond donors (Lipinski definition) is 1. The number of nitro groups is 1. The molecule has 0 saturated heterocycles. The van der Waals surface area contributed by atoms with Crippen LogP contribution in [0.25, 0.3) is 0 Å². The van der Waals surface area contributed by atoms with E-state index >= 15 is 0 Å². The normalized spacial score (nSPS) is 21.3. The minimum atomic E-state index is -0.620. The van der Waals surface area contributed by atoms with Crippen molar-refractivity contribution in [3.05, 3.63) is 27.9 Å². The number of nitrogens with one attached hydrogen (secondary N) is 1. The van der Waals surface area contributed by atoms with Crippen LogP contribution < -0.4 is 10.1 Å². The Labute approximate surface area is 110 Å². The summed E-state index contributed by atoms with van der Waals surface area (Å²) < 4.78 is 5.53. The number of nitriles is 1. The van der Waals surface area contributed by atoms with E-state index in [1.54, 1.807) is 6.07 Å². The van der Waals surface area contributed by atoms with E-state index in [1.807, 2.05) is 7.05 Å². The number of aromatic nitrogens is 1. The second kappa shape index (κ2) is 5.63. The highest BCUT2D eigenvalue weighted by atomic mass is 16.6. The van der Waals surface area contributed by atoms with Crippen molar-refractivity contribution in [2.45, 2.75) is 18.9 Å². The zero-order valence-corrected chi connectivity index (χ0v) is 10.5. The third-order valence-electron chi connectivity index (χ3n) is 3.16. The summed E-state index contributed by atoms with van der Waals surface area (Å²) in [6.07, 6.45) is 2.98. The molecule has 0 aromatic carbocycles. The van der Waals surface area contributed by atoms with Crippen LogP contribution in [0, 0.1) is 27.4 Å². The van der Waals surface area contributed by atoms with Gasteiger partial charge in [0.15, 0.2) is 0 Å². The second-order valence-corrected chi connectivity index (χ2v) is 4.52. The van der Waals surface area contributed by atoms with Crippen LogP contribution >= 0.6 is 0 Å². The van der Waals surface area contributed by atoms with E-state index in [0.29, 0.717) is 5.92 Å². The van der Waals surface area contributed by atoms with Crippen molar-refractivity contribution in [3.63, 3.8) is 0 Å². The van der Waals surface area contributed by atoms with E-state index in [0.717, 1.165) is 19.4 Å². The SMILES string of the molecule is CNCC1CC(Oc2nccc(C#N)c2[N+](=O)[O-])C1. The molecule has 1 saturated carbocycles. The van der Waals surface area contributed by atoms with E-state index in [2.05, 4.69) is 10.3 Å². The lowest BCUT2D eigenvalue weighted by Crippen LogP contribution is -2.38. The van der Waals surface area contributed by atoms with Crippen molar-refractivity contribution in [1.82, 2.24) is 10.3 Å². The molecule has 1 aromatic heterocycles. The van der Waals surface area contributed by atoms with Crippen LogP contribution in [0.15, 0.2) is 12.3 Å². The monoisotopic (exact) mass is 262 g/mol. The maximum absolute atomic E-state index is 11.0. The van der Waals surface area contributed by atoms with Gasteiger partial charge >= 0.3 is 5.69 Å². The predicted molar refractivity (Wildman–Crippen MR) is 66.7 cm³/mol. The molecule has 1 aromatic rings. The third kappa shape index (κ3) is 2.80. The molecule has 100 valence electrons. The summed E-state index contributed by atoms with van der Waals surface area (Å²) in [5.74, 6) is 0.477. The second-order valence-electron chi connectivity index (χ2n) is 4.52. The lowest BCUT2D eigenvalue weighted by molar-refractivity contribution is -0.386. The van der Waals surface area contributed by atoms with Crippen molar-refractivity contribution < 1.29 is 9.66 Å². The van der Waals surface area contributed by atoms with Crippen LogP contribution in [0.5, 0.6) is 5.88 Å². The van der Waals surface area contributed by atoms with Gasteiger partial charge in [0, 0.05) is 6.20 Å². The number of rotatable bonds is 5. The van der Waals surface area contributed by atoms with E-state index in [1.165, 1.54) is 12.3 Å². The molecule has 19 heavy (non-hydrogen) atoms. The first-order valence-electron chi connectivity index (χ1n) is 6.00. The van der Waals surface area contributed by atoms with Crippen LogP contribution in [0.1, 0.15) is 18.4 Å². The first kappa shape index (κ1) is 13.2. The summed E-state index contributed by atoms with van der Waals surface area (Å²) >= 11 is 0. The summed E-state index contributed by atoms with van der Waals surface area (Å²) in [6.45, 7) is 0.910. The fraction of sp³-hybridized carbons (Fsp3) is 0.500. The minimum absolute atomic E-state index is 0.0268. The summed E-state index contributed by atoms with van der Waals surface area (Å²) in [6, 6.07) is 3.10. The molecule has 0 radical (unpaired) electrons. The van der Waals surface area contributed by atoms with E-state index in [9.17, 15) is 10.1 Å². The van der Waals surface area contributed by atoms with Gasteiger partial charge in [-0.25, -0.2) is 4.98 Å². The van der Waals surface area contributed by atoms with Gasteiger partial charge in [-0.2, -0.15) is 5.26 Å². The van der Waals surface area contributed by atoms with Crippen LogP contribution in [0.4, 0.5) is 5.69 Å². The first-order chi connectivity index (χ1) is 9.15. The fourth-order valence-electron chi connectivity index (χ4n) is 2.17. The van der Waals surface area contributed by atoms with Crippen LogP contribution in [0.2, 0.25) is 0 Å². The quantitative estimate of drug-likeness (QED) is 0.632. The molecular weight excluding hydrogens is 248 g/mol. The molecule has 0 atom stereocenters. The van der Waals surface area contributed by atoms with Crippen molar-refractivity contribution >= 4 is 5.69 Å². The van der Waals surface area contributed by atoms with Gasteiger partial charge in [0.1, 0.15) is 17.7 Å². The molecule has 7 heteroatoms. The average Bonchev–Trinajstić information content (AvgIpc) is 2.35. The molecule has 7 nitrogen and oxygen atoms in total. The summed E-state index contributed by atoms with van der Waals surface area (Å²) in [5.41, 5.74) is -0.372. The Bertz CT molecular complexity index is 520. The minimum Gasteiger partial charge on any atom is -0.469 e. The van der Waals surface area contributed by atoms with Crippen molar-refractivity contribution in [3.8, 4) is 11.9 Å². The van der Waals surface area contributed by atoms with Crippen molar-refractivity contribution in [1.29, 1.82) is 5.26 Å². The molecule has 2 rings (SSSR count). The summed E-state index contributed by atoms with van der Waals surface area (Å²) in [5, 5.41) is 22.9. The first-order valence-corrected chi connectivity index (χ1v) is 6.00. The maximum atomic E-state index is 11.0. The number of pyridine rings is 1. The predicted octanol–water partition coefficient (Wildman–Crippen LogP) is 1.24. The molecule has 1 heterocycles. The molecule has 1 aliphatic carbocycles. The third-order valence-corrected chi connectivity index (χ3v) is 3.16. The highest BCUT2D eigenvalue weighted by molar-refractivity contribution is 5.54. The molecule has 1 fully saturated rings. The largest absolute Gasteiger partial charge is 0.469 e. The molecule has 0 spiro atoms. The van der Waals surface area contributed by atoms with Gasteiger partial charge in [-0.05, 0) is 38.4 Å². The average molecular weight is 262 g/mol. The van der Waals surface area contributed by atoms with Gasteiger partial charge in [0.2, 0.25) is 0 Å². The fourth-order valence-corrected chi connectivity index (χ4v) is 2.17. The topological polar surface area (TPSA) is 101 Å². The Morgan fingerprint density at radius 2 is 2.42 bits per heavy atom. The molecule has 0 bridgehead atoms. The standard InChI is InChI=1S/C12H14N4O3/c1-14-7-8-4-10(5-8)19-12-11(16(17)18)9(6-13)2-3-15-12/h2-3,8,10,14H,4-5,7H2,1H3.